The molecule has 4 aliphatic rings. The number of aliphatic hydroxyl groups is 2. The molecule has 4 rings (SSSR count). The lowest BCUT2D eigenvalue weighted by molar-refractivity contribution is -0.169. The fraction of sp³-hybridized carbons (Fsp3) is 0.947. The van der Waals surface area contributed by atoms with E-state index in [-0.39, 0.29) is 11.5 Å². The Morgan fingerprint density at radius 1 is 1.00 bits per heavy atom. The van der Waals surface area contributed by atoms with Gasteiger partial charge in [-0.25, -0.2) is 0 Å². The minimum atomic E-state index is -0.474. The van der Waals surface area contributed by atoms with Crippen molar-refractivity contribution in [2.24, 2.45) is 34.5 Å². The summed E-state index contributed by atoms with van der Waals surface area (Å²) < 4.78 is 0. The molecule has 0 aliphatic heterocycles. The Kier molecular flexibility index (Phi) is 3.30. The molecule has 2 N–H and O–H groups in total. The number of carbonyl (C=O) groups is 1. The second kappa shape index (κ2) is 4.80. The quantitative estimate of drug-likeness (QED) is 0.723. The van der Waals surface area contributed by atoms with Gasteiger partial charge in [0.25, 0.3) is 0 Å². The molecule has 0 heterocycles. The number of rotatable bonds is 0. The zero-order chi connectivity index (χ0) is 15.7. The maximum Gasteiger partial charge on any atom is 0.141 e. The Morgan fingerprint density at radius 3 is 2.55 bits per heavy atom. The van der Waals surface area contributed by atoms with Gasteiger partial charge in [0.1, 0.15) is 5.78 Å². The first-order chi connectivity index (χ1) is 10.4. The molecule has 0 amide bonds. The van der Waals surface area contributed by atoms with Crippen molar-refractivity contribution in [2.75, 3.05) is 0 Å². The molecule has 3 unspecified atom stereocenters. The molecule has 3 nitrogen and oxygen atoms in total. The van der Waals surface area contributed by atoms with Gasteiger partial charge in [0.15, 0.2) is 0 Å². The topological polar surface area (TPSA) is 57.5 Å². The molecule has 0 aromatic heterocycles. The van der Waals surface area contributed by atoms with Crippen LogP contribution in [0.25, 0.3) is 0 Å². The summed E-state index contributed by atoms with van der Waals surface area (Å²) in [5.74, 6) is 2.44. The highest BCUT2D eigenvalue weighted by Crippen LogP contribution is 2.65. The molecule has 0 bridgehead atoms. The maximum absolute atomic E-state index is 12.4. The van der Waals surface area contributed by atoms with Crippen molar-refractivity contribution in [2.45, 2.75) is 77.4 Å². The lowest BCUT2D eigenvalue weighted by Gasteiger charge is -2.61. The van der Waals surface area contributed by atoms with Crippen LogP contribution in [0.15, 0.2) is 0 Å². The summed E-state index contributed by atoms with van der Waals surface area (Å²) in [6.45, 7) is 4.44. The minimum absolute atomic E-state index is 0.124. The third kappa shape index (κ3) is 1.78. The van der Waals surface area contributed by atoms with Crippen molar-refractivity contribution in [3.8, 4) is 0 Å². The highest BCUT2D eigenvalue weighted by Gasteiger charge is 2.63. The van der Waals surface area contributed by atoms with E-state index >= 15 is 0 Å². The van der Waals surface area contributed by atoms with Gasteiger partial charge in [-0.3, -0.25) is 4.79 Å². The fourth-order valence-electron chi connectivity index (χ4n) is 6.98. The van der Waals surface area contributed by atoms with Gasteiger partial charge < -0.3 is 10.2 Å². The predicted molar refractivity (Wildman–Crippen MR) is 84.1 cm³/mol. The van der Waals surface area contributed by atoms with E-state index in [1.807, 2.05) is 6.92 Å². The molecule has 124 valence electrons. The van der Waals surface area contributed by atoms with E-state index in [1.54, 1.807) is 0 Å². The number of carbonyl (C=O) groups excluding carboxylic acids is 1. The van der Waals surface area contributed by atoms with Gasteiger partial charge in [-0.05, 0) is 81.0 Å². The lowest BCUT2D eigenvalue weighted by Crippen LogP contribution is -2.58. The van der Waals surface area contributed by atoms with E-state index in [1.165, 1.54) is 12.8 Å². The number of fused-ring (bicyclic) bond motifs is 5. The van der Waals surface area contributed by atoms with Crippen LogP contribution in [0.4, 0.5) is 0 Å². The average molecular weight is 306 g/mol. The van der Waals surface area contributed by atoms with Crippen LogP contribution in [-0.2, 0) is 4.79 Å². The number of hydrogen-bond acceptors (Lipinski definition) is 3. The van der Waals surface area contributed by atoms with Crippen molar-refractivity contribution in [3.05, 3.63) is 0 Å². The summed E-state index contributed by atoms with van der Waals surface area (Å²) in [5.41, 5.74) is -0.214. The minimum Gasteiger partial charge on any atom is -0.393 e. The number of ketones is 1. The van der Waals surface area contributed by atoms with Gasteiger partial charge in [0.2, 0.25) is 0 Å². The van der Waals surface area contributed by atoms with Crippen LogP contribution in [0.3, 0.4) is 0 Å². The third-order valence-electron chi connectivity index (χ3n) is 8.46. The highest BCUT2D eigenvalue weighted by atomic mass is 16.3. The van der Waals surface area contributed by atoms with Crippen LogP contribution in [0.5, 0.6) is 0 Å². The molecule has 0 aromatic rings. The summed E-state index contributed by atoms with van der Waals surface area (Å²) >= 11 is 0. The molecule has 4 saturated carbocycles. The first-order valence-electron chi connectivity index (χ1n) is 9.26. The molecule has 0 radical (unpaired) electrons. The normalized spacial score (nSPS) is 57.9. The molecule has 0 spiro atoms. The molecular formula is C19H30O3. The smallest absolute Gasteiger partial charge is 0.141 e. The number of aliphatic hydroxyl groups excluding tert-OH is 2. The molecule has 0 aromatic carbocycles. The van der Waals surface area contributed by atoms with E-state index in [4.69, 9.17) is 0 Å². The monoisotopic (exact) mass is 306 g/mol. The van der Waals surface area contributed by atoms with Crippen molar-refractivity contribution in [1.29, 1.82) is 0 Å². The fourth-order valence-corrected chi connectivity index (χ4v) is 6.98. The highest BCUT2D eigenvalue weighted by molar-refractivity contribution is 5.87. The van der Waals surface area contributed by atoms with Gasteiger partial charge in [-0.2, -0.15) is 0 Å². The van der Waals surface area contributed by atoms with Gasteiger partial charge in [-0.15, -0.1) is 0 Å². The Morgan fingerprint density at radius 2 is 1.77 bits per heavy atom. The van der Waals surface area contributed by atoms with Crippen LogP contribution in [0.1, 0.15) is 65.2 Å². The van der Waals surface area contributed by atoms with Crippen molar-refractivity contribution >= 4 is 5.78 Å². The number of Topliss-reactive ketones (excluding diaryl/α,β-unsaturated/α-hetero) is 1. The van der Waals surface area contributed by atoms with Gasteiger partial charge >= 0.3 is 0 Å². The molecule has 3 heteroatoms. The zero-order valence-corrected chi connectivity index (χ0v) is 13.9. The molecule has 8 atom stereocenters. The van der Waals surface area contributed by atoms with Gasteiger partial charge in [0, 0.05) is 6.42 Å². The Labute approximate surface area is 133 Å². The summed E-state index contributed by atoms with van der Waals surface area (Å²) in [4.78, 5) is 12.4. The van der Waals surface area contributed by atoms with Crippen molar-refractivity contribution in [3.63, 3.8) is 0 Å². The van der Waals surface area contributed by atoms with Crippen molar-refractivity contribution in [1.82, 2.24) is 0 Å². The van der Waals surface area contributed by atoms with E-state index in [0.717, 1.165) is 32.1 Å². The Balaban J connectivity index is 1.68. The van der Waals surface area contributed by atoms with Gasteiger partial charge in [-0.1, -0.05) is 6.92 Å². The van der Waals surface area contributed by atoms with Crippen LogP contribution in [-0.4, -0.2) is 28.2 Å². The Hall–Kier alpha value is -0.410. The van der Waals surface area contributed by atoms with Crippen LogP contribution < -0.4 is 0 Å². The van der Waals surface area contributed by atoms with E-state index in [0.29, 0.717) is 35.9 Å². The Bertz CT molecular complexity index is 489. The summed E-state index contributed by atoms with van der Waals surface area (Å²) in [6, 6.07) is 0. The maximum atomic E-state index is 12.4. The molecule has 22 heavy (non-hydrogen) atoms. The SMILES string of the molecule is C[C@]12CC[C@@H](O)C[C@H]1CCC1C2C[C@H](O)[C@]2(C)C(=O)CCC12. The largest absolute Gasteiger partial charge is 0.393 e. The lowest BCUT2D eigenvalue weighted by atomic mass is 9.44. The molecule has 0 saturated heterocycles. The van der Waals surface area contributed by atoms with Crippen LogP contribution in [0.2, 0.25) is 0 Å². The summed E-state index contributed by atoms with van der Waals surface area (Å²) in [6.07, 6.45) is 7.19. The van der Waals surface area contributed by atoms with E-state index in [2.05, 4.69) is 6.92 Å². The summed E-state index contributed by atoms with van der Waals surface area (Å²) in [7, 11) is 0. The second-order valence-electron chi connectivity index (χ2n) is 9.08. The number of hydrogen-bond donors (Lipinski definition) is 2. The van der Waals surface area contributed by atoms with E-state index < -0.39 is 11.5 Å². The van der Waals surface area contributed by atoms with Crippen LogP contribution >= 0.6 is 0 Å². The first kappa shape index (κ1) is 15.1. The summed E-state index contributed by atoms with van der Waals surface area (Å²) in [5, 5.41) is 20.9. The molecule has 4 aliphatic carbocycles. The molecular weight excluding hydrogens is 276 g/mol. The standard InChI is InChI=1S/C19H30O3/c1-18-8-7-12(20)9-11(18)3-4-13-14-5-6-16(21)19(14,2)17(22)10-15(13)18/h11-15,17,20,22H,3-10H2,1-2H3/t11-,12-,13?,14?,15?,17+,18+,19+/m1/s1. The zero-order valence-electron chi connectivity index (χ0n) is 13.9. The second-order valence-corrected chi connectivity index (χ2v) is 9.08. The van der Waals surface area contributed by atoms with Crippen LogP contribution in [0, 0.1) is 34.5 Å². The predicted octanol–water partition coefficient (Wildman–Crippen LogP) is 2.93. The van der Waals surface area contributed by atoms with Gasteiger partial charge in [0.05, 0.1) is 17.6 Å². The molecule has 4 fully saturated rings. The third-order valence-corrected chi connectivity index (χ3v) is 8.46. The van der Waals surface area contributed by atoms with Crippen molar-refractivity contribution < 1.29 is 15.0 Å². The average Bonchev–Trinajstić information content (AvgIpc) is 2.79. The first-order valence-corrected chi connectivity index (χ1v) is 9.26. The van der Waals surface area contributed by atoms with E-state index in [9.17, 15) is 15.0 Å².